The molecule has 90 valence electrons. The number of hydrogen-bond donors (Lipinski definition) is 1. The minimum atomic E-state index is -3.20. The Morgan fingerprint density at radius 1 is 1.38 bits per heavy atom. The van der Waals surface area contributed by atoms with Crippen molar-refractivity contribution in [2.75, 3.05) is 5.75 Å². The summed E-state index contributed by atoms with van der Waals surface area (Å²) in [6.45, 7) is 3.62. The summed E-state index contributed by atoms with van der Waals surface area (Å²) in [5, 5.41) is 0.578. The lowest BCUT2D eigenvalue weighted by Gasteiger charge is -2.15. The number of sulfonamides is 1. The monoisotopic (exact) mass is 261 g/mol. The number of halogens is 1. The van der Waals surface area contributed by atoms with Crippen LogP contribution < -0.4 is 4.72 Å². The molecular formula is C11H16ClNO2S. The molecule has 0 aliphatic heterocycles. The zero-order valence-corrected chi connectivity index (χ0v) is 11.0. The van der Waals surface area contributed by atoms with E-state index in [9.17, 15) is 8.42 Å². The average Bonchev–Trinajstić information content (AvgIpc) is 2.17. The van der Waals surface area contributed by atoms with Crippen molar-refractivity contribution in [2.45, 2.75) is 26.3 Å². The summed E-state index contributed by atoms with van der Waals surface area (Å²) in [4.78, 5) is 0. The zero-order chi connectivity index (χ0) is 12.2. The van der Waals surface area contributed by atoms with Crippen LogP contribution in [0.2, 0.25) is 5.02 Å². The van der Waals surface area contributed by atoms with Gasteiger partial charge in [-0.15, -0.1) is 0 Å². The maximum atomic E-state index is 11.6. The van der Waals surface area contributed by atoms with Gasteiger partial charge in [-0.05, 0) is 25.0 Å². The van der Waals surface area contributed by atoms with Gasteiger partial charge in [-0.25, -0.2) is 13.1 Å². The van der Waals surface area contributed by atoms with Crippen LogP contribution in [0.1, 0.15) is 31.9 Å². The molecule has 0 aromatic heterocycles. The van der Waals surface area contributed by atoms with E-state index in [1.807, 2.05) is 25.1 Å². The van der Waals surface area contributed by atoms with Crippen LogP contribution in [0.4, 0.5) is 0 Å². The Balaban J connectivity index is 2.81. The standard InChI is InChI=1S/C11H16ClNO2S/c1-3-8-16(14,15)13-9(2)10-6-4-5-7-11(10)12/h4-7,9,13H,3,8H2,1-2H3/t9-/m1/s1. The number of nitrogens with one attached hydrogen (secondary N) is 1. The van der Waals surface area contributed by atoms with Crippen molar-refractivity contribution in [3.63, 3.8) is 0 Å². The van der Waals surface area contributed by atoms with Gasteiger partial charge in [0.2, 0.25) is 10.0 Å². The Hall–Kier alpha value is -0.580. The first kappa shape index (κ1) is 13.5. The first-order chi connectivity index (χ1) is 7.46. The molecule has 0 unspecified atom stereocenters. The molecule has 1 atom stereocenters. The molecule has 1 rings (SSSR count). The summed E-state index contributed by atoms with van der Waals surface area (Å²) in [6.07, 6.45) is 0.602. The minimum absolute atomic E-state index is 0.141. The van der Waals surface area contributed by atoms with E-state index in [1.165, 1.54) is 0 Å². The highest BCUT2D eigenvalue weighted by Crippen LogP contribution is 2.22. The fourth-order valence-corrected chi connectivity index (χ4v) is 3.11. The van der Waals surface area contributed by atoms with Crippen molar-refractivity contribution >= 4 is 21.6 Å². The highest BCUT2D eigenvalue weighted by molar-refractivity contribution is 7.89. The minimum Gasteiger partial charge on any atom is -0.212 e. The topological polar surface area (TPSA) is 46.2 Å². The van der Waals surface area contributed by atoms with Gasteiger partial charge in [0.25, 0.3) is 0 Å². The first-order valence-electron chi connectivity index (χ1n) is 5.20. The SMILES string of the molecule is CCCS(=O)(=O)N[C@H](C)c1ccccc1Cl. The average molecular weight is 262 g/mol. The highest BCUT2D eigenvalue weighted by atomic mass is 35.5. The Morgan fingerprint density at radius 3 is 2.56 bits per heavy atom. The van der Waals surface area contributed by atoms with Crippen LogP contribution in [0.15, 0.2) is 24.3 Å². The molecule has 0 bridgehead atoms. The van der Waals surface area contributed by atoms with Gasteiger partial charge in [0.1, 0.15) is 0 Å². The molecular weight excluding hydrogens is 246 g/mol. The summed E-state index contributed by atoms with van der Waals surface area (Å²) in [5.74, 6) is 0.141. The van der Waals surface area contributed by atoms with Gasteiger partial charge in [0, 0.05) is 11.1 Å². The van der Waals surface area contributed by atoms with E-state index >= 15 is 0 Å². The Labute approximate surface area is 102 Å². The third-order valence-electron chi connectivity index (χ3n) is 2.20. The van der Waals surface area contributed by atoms with E-state index in [0.29, 0.717) is 11.4 Å². The predicted octanol–water partition coefficient (Wildman–Crippen LogP) is 2.73. The molecule has 16 heavy (non-hydrogen) atoms. The van der Waals surface area contributed by atoms with E-state index in [1.54, 1.807) is 13.0 Å². The second-order valence-corrected chi connectivity index (χ2v) is 5.96. The third-order valence-corrected chi connectivity index (χ3v) is 4.20. The lowest BCUT2D eigenvalue weighted by molar-refractivity contribution is 0.565. The molecule has 3 nitrogen and oxygen atoms in total. The smallest absolute Gasteiger partial charge is 0.212 e. The second kappa shape index (κ2) is 5.66. The van der Waals surface area contributed by atoms with E-state index in [-0.39, 0.29) is 11.8 Å². The van der Waals surface area contributed by atoms with Gasteiger partial charge < -0.3 is 0 Å². The van der Waals surface area contributed by atoms with Crippen LogP contribution in [0.5, 0.6) is 0 Å². The van der Waals surface area contributed by atoms with E-state index < -0.39 is 10.0 Å². The summed E-state index contributed by atoms with van der Waals surface area (Å²) < 4.78 is 25.7. The molecule has 0 fully saturated rings. The van der Waals surface area contributed by atoms with Crippen molar-refractivity contribution in [3.8, 4) is 0 Å². The van der Waals surface area contributed by atoms with E-state index in [4.69, 9.17) is 11.6 Å². The predicted molar refractivity (Wildman–Crippen MR) is 67.1 cm³/mol. The van der Waals surface area contributed by atoms with Crippen LogP contribution in [0, 0.1) is 0 Å². The molecule has 0 radical (unpaired) electrons. The van der Waals surface area contributed by atoms with Crippen molar-refractivity contribution in [3.05, 3.63) is 34.9 Å². The Bertz CT molecular complexity index is 445. The fourth-order valence-electron chi connectivity index (χ4n) is 1.49. The van der Waals surface area contributed by atoms with Crippen molar-refractivity contribution in [1.29, 1.82) is 0 Å². The van der Waals surface area contributed by atoms with Crippen molar-refractivity contribution < 1.29 is 8.42 Å². The summed E-state index contributed by atoms with van der Waals surface area (Å²) in [7, 11) is -3.20. The van der Waals surface area contributed by atoms with Crippen LogP contribution >= 0.6 is 11.6 Å². The molecule has 0 amide bonds. The normalized spacial score (nSPS) is 13.7. The molecule has 1 aromatic carbocycles. The highest BCUT2D eigenvalue weighted by Gasteiger charge is 2.16. The number of benzene rings is 1. The zero-order valence-electron chi connectivity index (χ0n) is 9.40. The summed E-state index contributed by atoms with van der Waals surface area (Å²) in [6, 6.07) is 6.93. The number of rotatable bonds is 5. The Morgan fingerprint density at radius 2 is 2.00 bits per heavy atom. The van der Waals surface area contributed by atoms with Crippen molar-refractivity contribution in [1.82, 2.24) is 4.72 Å². The van der Waals surface area contributed by atoms with Gasteiger partial charge in [-0.1, -0.05) is 36.7 Å². The van der Waals surface area contributed by atoms with Gasteiger partial charge in [-0.2, -0.15) is 0 Å². The lowest BCUT2D eigenvalue weighted by Crippen LogP contribution is -2.29. The summed E-state index contributed by atoms with van der Waals surface area (Å²) >= 11 is 5.99. The lowest BCUT2D eigenvalue weighted by atomic mass is 10.1. The summed E-state index contributed by atoms with van der Waals surface area (Å²) in [5.41, 5.74) is 0.795. The maximum absolute atomic E-state index is 11.6. The van der Waals surface area contributed by atoms with Gasteiger partial charge >= 0.3 is 0 Å². The van der Waals surface area contributed by atoms with Crippen LogP contribution in [0.25, 0.3) is 0 Å². The largest absolute Gasteiger partial charge is 0.212 e. The quantitative estimate of drug-likeness (QED) is 0.886. The molecule has 0 saturated heterocycles. The number of hydrogen-bond acceptors (Lipinski definition) is 2. The van der Waals surface area contributed by atoms with Gasteiger partial charge in [0.15, 0.2) is 0 Å². The van der Waals surface area contributed by atoms with Crippen molar-refractivity contribution in [2.24, 2.45) is 0 Å². The van der Waals surface area contributed by atoms with E-state index in [0.717, 1.165) is 5.56 Å². The maximum Gasteiger partial charge on any atom is 0.212 e. The molecule has 0 heterocycles. The van der Waals surface area contributed by atoms with Crippen LogP contribution in [0.3, 0.4) is 0 Å². The van der Waals surface area contributed by atoms with Crippen LogP contribution in [-0.4, -0.2) is 14.2 Å². The molecule has 0 aliphatic carbocycles. The molecule has 1 N–H and O–H groups in total. The van der Waals surface area contributed by atoms with Crippen LogP contribution in [-0.2, 0) is 10.0 Å². The molecule has 5 heteroatoms. The Kier molecular flexibility index (Phi) is 4.77. The van der Waals surface area contributed by atoms with Gasteiger partial charge in [-0.3, -0.25) is 0 Å². The molecule has 0 saturated carbocycles. The second-order valence-electron chi connectivity index (χ2n) is 3.68. The first-order valence-corrected chi connectivity index (χ1v) is 7.23. The third kappa shape index (κ3) is 3.77. The fraction of sp³-hybridized carbons (Fsp3) is 0.455. The van der Waals surface area contributed by atoms with Gasteiger partial charge in [0.05, 0.1) is 5.75 Å². The van der Waals surface area contributed by atoms with E-state index in [2.05, 4.69) is 4.72 Å². The molecule has 0 aliphatic rings. The molecule has 0 spiro atoms. The molecule has 1 aromatic rings.